The summed E-state index contributed by atoms with van der Waals surface area (Å²) in [6.45, 7) is 0.516. The van der Waals surface area contributed by atoms with Crippen molar-refractivity contribution in [2.75, 3.05) is 20.2 Å². The van der Waals surface area contributed by atoms with Gasteiger partial charge in [-0.3, -0.25) is 14.8 Å². The number of likely N-dealkylation sites (tertiary alicyclic amines) is 1. The molecule has 0 saturated carbocycles. The van der Waals surface area contributed by atoms with Gasteiger partial charge in [-0.05, 0) is 38.2 Å². The van der Waals surface area contributed by atoms with Crippen LogP contribution in [0.5, 0.6) is 11.5 Å². The van der Waals surface area contributed by atoms with Gasteiger partial charge >= 0.3 is 0 Å². The normalized spacial score (nSPS) is 18.9. The van der Waals surface area contributed by atoms with Gasteiger partial charge in [-0.2, -0.15) is 0 Å². The van der Waals surface area contributed by atoms with Crippen LogP contribution < -0.4 is 10.9 Å². The molecule has 1 aliphatic heterocycles. The molecule has 1 amide bonds. The molecular weight excluding hydrogens is 484 g/mol. The lowest BCUT2D eigenvalue weighted by Gasteiger charge is -2.24. The smallest absolute Gasteiger partial charge is 0.274 e. The number of hydrogen-bond acceptors (Lipinski definition) is 8. The Bertz CT molecular complexity index is 1270. The van der Waals surface area contributed by atoms with Gasteiger partial charge in [0.05, 0.1) is 6.61 Å². The van der Waals surface area contributed by atoms with E-state index in [1.807, 2.05) is 11.9 Å². The number of aromatic hydroxyl groups is 2. The number of rotatable bonds is 4. The summed E-state index contributed by atoms with van der Waals surface area (Å²) >= 11 is 3.37. The van der Waals surface area contributed by atoms with Gasteiger partial charge in [-0.1, -0.05) is 15.9 Å². The highest BCUT2D eigenvalue weighted by atomic mass is 79.9. The Morgan fingerprint density at radius 3 is 2.69 bits per heavy atom. The molecule has 1 saturated heterocycles. The maximum Gasteiger partial charge on any atom is 0.274 e. The molecule has 4 rings (SSSR count). The number of carbonyl (C=O) groups is 1. The van der Waals surface area contributed by atoms with Crippen molar-refractivity contribution in [3.63, 3.8) is 0 Å². The second kappa shape index (κ2) is 8.55. The number of benzene rings is 2. The summed E-state index contributed by atoms with van der Waals surface area (Å²) in [5, 5.41) is 39.8. The average molecular weight is 505 g/mol. The first-order valence-electron chi connectivity index (χ1n) is 9.85. The topological polar surface area (TPSA) is 143 Å². The summed E-state index contributed by atoms with van der Waals surface area (Å²) in [5.41, 5.74) is 1.87. The number of halogens is 1. The number of hydroxylamine groups is 1. The lowest BCUT2D eigenvalue weighted by atomic mass is 9.89. The third kappa shape index (κ3) is 3.65. The van der Waals surface area contributed by atoms with Gasteiger partial charge in [0, 0.05) is 45.3 Å². The summed E-state index contributed by atoms with van der Waals surface area (Å²) in [4.78, 5) is 26.8. The highest BCUT2D eigenvalue weighted by molar-refractivity contribution is 9.10. The zero-order chi connectivity index (χ0) is 23.2. The van der Waals surface area contributed by atoms with E-state index in [9.17, 15) is 24.9 Å². The first-order valence-corrected chi connectivity index (χ1v) is 10.6. The number of aliphatic hydroxyl groups excluding tert-OH is 1. The van der Waals surface area contributed by atoms with Gasteiger partial charge < -0.3 is 24.6 Å². The van der Waals surface area contributed by atoms with Gasteiger partial charge in [0.25, 0.3) is 5.91 Å². The Balaban J connectivity index is 2.00. The number of amides is 1. The first-order chi connectivity index (χ1) is 15.3. The maximum atomic E-state index is 13.0. The molecular formula is C22H21BrN2O7. The van der Waals surface area contributed by atoms with Crippen molar-refractivity contribution in [1.29, 1.82) is 0 Å². The summed E-state index contributed by atoms with van der Waals surface area (Å²) in [6.07, 6.45) is 0.610. The second-order valence-corrected chi connectivity index (χ2v) is 8.62. The Morgan fingerprint density at radius 2 is 2.00 bits per heavy atom. The van der Waals surface area contributed by atoms with E-state index in [4.69, 9.17) is 9.62 Å². The summed E-state index contributed by atoms with van der Waals surface area (Å²) < 4.78 is 6.59. The predicted octanol–water partition coefficient (Wildman–Crippen LogP) is 2.53. The molecule has 5 N–H and O–H groups in total. The molecule has 2 heterocycles. The Labute approximate surface area is 190 Å². The molecule has 168 valence electrons. The van der Waals surface area contributed by atoms with Crippen LogP contribution in [0.15, 0.2) is 44.0 Å². The molecule has 1 fully saturated rings. The number of hydrogen-bond donors (Lipinski definition) is 5. The maximum absolute atomic E-state index is 13.0. The SMILES string of the molecule is CN1CC[C@@H](c2c(O)cc(O)c3c(=O)cc(-c4cc(C(=O)NO)ccc4Br)oc23)[C@@H]1CO. The number of carbonyl (C=O) groups excluding carboxylic acids is 1. The fourth-order valence-electron chi connectivity index (χ4n) is 4.34. The Morgan fingerprint density at radius 1 is 1.25 bits per heavy atom. The number of nitrogens with one attached hydrogen (secondary N) is 1. The van der Waals surface area contributed by atoms with Crippen molar-refractivity contribution in [3.05, 3.63) is 56.2 Å². The van der Waals surface area contributed by atoms with Crippen molar-refractivity contribution in [3.8, 4) is 22.8 Å². The van der Waals surface area contributed by atoms with Crippen LogP contribution in [-0.2, 0) is 0 Å². The van der Waals surface area contributed by atoms with Gasteiger partial charge in [-0.15, -0.1) is 0 Å². The average Bonchev–Trinajstić information content (AvgIpc) is 3.12. The minimum absolute atomic E-state index is 0.0210. The zero-order valence-electron chi connectivity index (χ0n) is 17.0. The number of phenols is 2. The molecule has 0 radical (unpaired) electrons. The molecule has 9 nitrogen and oxygen atoms in total. The highest BCUT2D eigenvalue weighted by Crippen LogP contribution is 2.44. The van der Waals surface area contributed by atoms with E-state index in [1.54, 1.807) is 11.5 Å². The third-order valence-electron chi connectivity index (χ3n) is 5.97. The van der Waals surface area contributed by atoms with E-state index in [0.717, 1.165) is 6.07 Å². The van der Waals surface area contributed by atoms with E-state index in [2.05, 4.69) is 15.9 Å². The molecule has 3 aromatic rings. The van der Waals surface area contributed by atoms with Crippen LogP contribution >= 0.6 is 15.9 Å². The molecule has 0 aliphatic carbocycles. The van der Waals surface area contributed by atoms with E-state index < -0.39 is 17.1 Å². The minimum Gasteiger partial charge on any atom is -0.507 e. The molecule has 0 unspecified atom stereocenters. The van der Waals surface area contributed by atoms with Crippen LogP contribution in [0.25, 0.3) is 22.3 Å². The van der Waals surface area contributed by atoms with Crippen LogP contribution in [0.1, 0.15) is 28.3 Å². The number of phenolic OH excluding ortho intramolecular Hbond substituents is 2. The van der Waals surface area contributed by atoms with Crippen molar-refractivity contribution in [2.45, 2.75) is 18.4 Å². The third-order valence-corrected chi connectivity index (χ3v) is 6.67. The second-order valence-electron chi connectivity index (χ2n) is 7.77. The summed E-state index contributed by atoms with van der Waals surface area (Å²) in [5.74, 6) is -1.62. The Kier molecular flexibility index (Phi) is 5.95. The van der Waals surface area contributed by atoms with Crippen LogP contribution in [0.2, 0.25) is 0 Å². The minimum atomic E-state index is -0.738. The largest absolute Gasteiger partial charge is 0.507 e. The van der Waals surface area contributed by atoms with Crippen molar-refractivity contribution >= 4 is 32.8 Å². The monoisotopic (exact) mass is 504 g/mol. The standard InChI is InChI=1S/C22H21BrN2O7/c1-25-5-4-11(14(25)9-26)19-15(27)7-16(28)20-17(29)8-18(32-21(19)20)12-6-10(22(30)24-31)2-3-13(12)23/h2-3,6-8,11,14,26-28,31H,4-5,9H2,1H3,(H,24,30)/t11-,14+/m1/s1. The van der Waals surface area contributed by atoms with E-state index >= 15 is 0 Å². The van der Waals surface area contributed by atoms with Gasteiger partial charge in [0.2, 0.25) is 0 Å². The van der Waals surface area contributed by atoms with Crippen LogP contribution in [0.3, 0.4) is 0 Å². The molecule has 1 aromatic heterocycles. The van der Waals surface area contributed by atoms with Crippen LogP contribution in [-0.4, -0.2) is 57.6 Å². The molecule has 2 atom stereocenters. The number of nitrogens with zero attached hydrogens (tertiary/aromatic N) is 1. The molecule has 32 heavy (non-hydrogen) atoms. The molecule has 0 spiro atoms. The van der Waals surface area contributed by atoms with Crippen molar-refractivity contribution in [2.24, 2.45) is 0 Å². The predicted molar refractivity (Wildman–Crippen MR) is 119 cm³/mol. The first kappa shape index (κ1) is 22.3. The summed E-state index contributed by atoms with van der Waals surface area (Å²) in [6, 6.07) is 6.48. The van der Waals surface area contributed by atoms with E-state index in [1.165, 1.54) is 18.2 Å². The highest BCUT2D eigenvalue weighted by Gasteiger charge is 2.36. The summed E-state index contributed by atoms with van der Waals surface area (Å²) in [7, 11) is 1.86. The van der Waals surface area contributed by atoms with Crippen LogP contribution in [0.4, 0.5) is 0 Å². The van der Waals surface area contributed by atoms with Gasteiger partial charge in [-0.25, -0.2) is 5.48 Å². The van der Waals surface area contributed by atoms with Crippen molar-refractivity contribution in [1.82, 2.24) is 10.4 Å². The fraction of sp³-hybridized carbons (Fsp3) is 0.273. The van der Waals surface area contributed by atoms with Crippen molar-refractivity contribution < 1.29 is 29.7 Å². The number of aliphatic hydroxyl groups is 1. The van der Waals surface area contributed by atoms with Crippen LogP contribution in [0, 0.1) is 0 Å². The molecule has 0 bridgehead atoms. The van der Waals surface area contributed by atoms with Gasteiger partial charge in [0.15, 0.2) is 5.43 Å². The fourth-order valence-corrected chi connectivity index (χ4v) is 4.79. The number of likely N-dealkylation sites (N-methyl/N-ethyl adjacent to an activating group) is 1. The number of fused-ring (bicyclic) bond motifs is 1. The zero-order valence-corrected chi connectivity index (χ0v) is 18.6. The quantitative estimate of drug-likeness (QED) is 0.269. The van der Waals surface area contributed by atoms with Gasteiger partial charge in [0.1, 0.15) is 28.2 Å². The lowest BCUT2D eigenvalue weighted by molar-refractivity contribution is 0.0706. The Hall–Kier alpha value is -2.92. The molecule has 2 aromatic carbocycles. The molecule has 10 heteroatoms. The molecule has 1 aliphatic rings. The van der Waals surface area contributed by atoms with E-state index in [-0.39, 0.29) is 46.6 Å². The lowest BCUT2D eigenvalue weighted by Crippen LogP contribution is -2.32. The van der Waals surface area contributed by atoms with E-state index in [0.29, 0.717) is 28.6 Å².